The second-order valence-electron chi connectivity index (χ2n) is 7.69. The molecule has 0 fully saturated rings. The Morgan fingerprint density at radius 3 is 2.30 bits per heavy atom. The second kappa shape index (κ2) is 8.95. The van der Waals surface area contributed by atoms with Crippen LogP contribution in [0.1, 0.15) is 43.7 Å². The molecule has 0 saturated heterocycles. The van der Waals surface area contributed by atoms with Gasteiger partial charge in [-0.3, -0.25) is 10.1 Å². The molecule has 0 amide bonds. The first-order chi connectivity index (χ1) is 14.7. The van der Waals surface area contributed by atoms with E-state index < -0.39 is 0 Å². The van der Waals surface area contributed by atoms with Gasteiger partial charge in [-0.2, -0.15) is 0 Å². The van der Waals surface area contributed by atoms with Crippen molar-refractivity contribution >= 4 is 39.6 Å². The van der Waals surface area contributed by atoms with Crippen molar-refractivity contribution in [3.63, 3.8) is 0 Å². The summed E-state index contributed by atoms with van der Waals surface area (Å²) in [4.78, 5) is 10.4. The van der Waals surface area contributed by atoms with Crippen molar-refractivity contribution in [2.75, 3.05) is 0 Å². The molecule has 0 radical (unpaired) electrons. The highest BCUT2D eigenvalue weighted by Crippen LogP contribution is 2.30. The highest BCUT2D eigenvalue weighted by Gasteiger charge is 2.10. The summed E-state index contributed by atoms with van der Waals surface area (Å²) in [7, 11) is 0. The normalized spacial score (nSPS) is 11.6. The molecule has 4 aromatic rings. The molecule has 0 aliphatic heterocycles. The molecular formula is C26H26N2O2. The van der Waals surface area contributed by atoms with Gasteiger partial charge < -0.3 is 4.57 Å². The molecule has 3 aromatic carbocycles. The van der Waals surface area contributed by atoms with Gasteiger partial charge in [0.15, 0.2) is 0 Å². The second-order valence-corrected chi connectivity index (χ2v) is 7.69. The van der Waals surface area contributed by atoms with Crippen LogP contribution in [0.25, 0.3) is 34.0 Å². The van der Waals surface area contributed by atoms with Crippen LogP contribution >= 0.6 is 0 Å². The van der Waals surface area contributed by atoms with Gasteiger partial charge in [-0.05, 0) is 47.9 Å². The van der Waals surface area contributed by atoms with Gasteiger partial charge in [0.05, 0.1) is 4.92 Å². The van der Waals surface area contributed by atoms with Crippen molar-refractivity contribution in [3.05, 3.63) is 88.0 Å². The van der Waals surface area contributed by atoms with E-state index in [-0.39, 0.29) is 10.6 Å². The zero-order valence-electron chi connectivity index (χ0n) is 17.3. The number of aromatic nitrogens is 1. The van der Waals surface area contributed by atoms with Gasteiger partial charge in [-0.1, -0.05) is 62.6 Å². The van der Waals surface area contributed by atoms with E-state index in [0.717, 1.165) is 17.7 Å². The highest BCUT2D eigenvalue weighted by molar-refractivity contribution is 6.08. The van der Waals surface area contributed by atoms with E-state index in [1.165, 1.54) is 59.6 Å². The topological polar surface area (TPSA) is 48.1 Å². The fourth-order valence-electron chi connectivity index (χ4n) is 4.01. The number of hydrogen-bond acceptors (Lipinski definition) is 2. The van der Waals surface area contributed by atoms with E-state index in [2.05, 4.69) is 60.0 Å². The van der Waals surface area contributed by atoms with Crippen LogP contribution < -0.4 is 0 Å². The van der Waals surface area contributed by atoms with Crippen LogP contribution in [0, 0.1) is 10.1 Å². The Labute approximate surface area is 176 Å². The first kappa shape index (κ1) is 19.9. The van der Waals surface area contributed by atoms with Gasteiger partial charge in [-0.15, -0.1) is 0 Å². The number of nitro benzene ring substituents is 1. The first-order valence-electron chi connectivity index (χ1n) is 10.6. The summed E-state index contributed by atoms with van der Waals surface area (Å²) < 4.78 is 2.45. The SMILES string of the molecule is CCCCCCn1c2ccccc2c2cc(/C=C/c3ccc([N+](=O)[O-])cc3)ccc21. The fourth-order valence-corrected chi connectivity index (χ4v) is 4.01. The molecule has 0 aliphatic rings. The summed E-state index contributed by atoms with van der Waals surface area (Å²) in [5.74, 6) is 0. The Morgan fingerprint density at radius 2 is 1.53 bits per heavy atom. The molecule has 4 heteroatoms. The van der Waals surface area contributed by atoms with Crippen LogP contribution in [0.2, 0.25) is 0 Å². The van der Waals surface area contributed by atoms with Gasteiger partial charge in [0.2, 0.25) is 0 Å². The number of hydrogen-bond donors (Lipinski definition) is 0. The Kier molecular flexibility index (Phi) is 5.94. The summed E-state index contributed by atoms with van der Waals surface area (Å²) in [5, 5.41) is 13.4. The Morgan fingerprint density at radius 1 is 0.833 bits per heavy atom. The maximum atomic E-state index is 10.8. The maximum absolute atomic E-state index is 10.8. The summed E-state index contributed by atoms with van der Waals surface area (Å²) >= 11 is 0. The van der Waals surface area contributed by atoms with Gasteiger partial charge >= 0.3 is 0 Å². The summed E-state index contributed by atoms with van der Waals surface area (Å²) in [6.07, 6.45) is 9.05. The minimum absolute atomic E-state index is 0.111. The molecule has 4 rings (SSSR count). The fraction of sp³-hybridized carbons (Fsp3) is 0.231. The average molecular weight is 399 g/mol. The van der Waals surface area contributed by atoms with Crippen molar-refractivity contribution < 1.29 is 4.92 Å². The third-order valence-corrected chi connectivity index (χ3v) is 5.60. The predicted octanol–water partition coefficient (Wildman–Crippen LogP) is 7.45. The third-order valence-electron chi connectivity index (χ3n) is 5.60. The van der Waals surface area contributed by atoms with Gasteiger partial charge in [0, 0.05) is 40.5 Å². The van der Waals surface area contributed by atoms with E-state index in [1.807, 2.05) is 6.08 Å². The lowest BCUT2D eigenvalue weighted by Crippen LogP contribution is -1.97. The van der Waals surface area contributed by atoms with Crippen LogP contribution in [0.3, 0.4) is 0 Å². The Balaban J connectivity index is 1.65. The van der Waals surface area contributed by atoms with E-state index in [4.69, 9.17) is 0 Å². The van der Waals surface area contributed by atoms with Crippen LogP contribution in [0.15, 0.2) is 66.7 Å². The number of rotatable bonds is 8. The molecule has 0 saturated carbocycles. The Bertz CT molecular complexity index is 1200. The van der Waals surface area contributed by atoms with E-state index in [1.54, 1.807) is 12.1 Å². The smallest absolute Gasteiger partial charge is 0.269 e. The quantitative estimate of drug-likeness (QED) is 0.134. The average Bonchev–Trinajstić information content (AvgIpc) is 3.09. The van der Waals surface area contributed by atoms with Gasteiger partial charge in [-0.25, -0.2) is 0 Å². The van der Waals surface area contributed by atoms with Crippen molar-refractivity contribution in [1.82, 2.24) is 4.57 Å². The lowest BCUT2D eigenvalue weighted by atomic mass is 10.1. The van der Waals surface area contributed by atoms with Crippen LogP contribution in [0.5, 0.6) is 0 Å². The number of nitrogens with zero attached hydrogens (tertiary/aromatic N) is 2. The molecule has 0 aliphatic carbocycles. The molecular weight excluding hydrogens is 372 g/mol. The van der Waals surface area contributed by atoms with Crippen LogP contribution in [-0.2, 0) is 6.54 Å². The zero-order chi connectivity index (χ0) is 20.9. The largest absolute Gasteiger partial charge is 0.340 e. The lowest BCUT2D eigenvalue weighted by Gasteiger charge is -2.07. The van der Waals surface area contributed by atoms with Crippen LogP contribution in [-0.4, -0.2) is 9.49 Å². The Hall–Kier alpha value is -3.40. The van der Waals surface area contributed by atoms with E-state index >= 15 is 0 Å². The van der Waals surface area contributed by atoms with Crippen molar-refractivity contribution in [3.8, 4) is 0 Å². The molecule has 1 aromatic heterocycles. The molecule has 0 atom stereocenters. The van der Waals surface area contributed by atoms with Crippen molar-refractivity contribution in [2.45, 2.75) is 39.2 Å². The predicted molar refractivity (Wildman–Crippen MR) is 126 cm³/mol. The molecule has 1 heterocycles. The molecule has 30 heavy (non-hydrogen) atoms. The number of fused-ring (bicyclic) bond motifs is 3. The van der Waals surface area contributed by atoms with E-state index in [9.17, 15) is 10.1 Å². The van der Waals surface area contributed by atoms with Crippen molar-refractivity contribution in [2.24, 2.45) is 0 Å². The monoisotopic (exact) mass is 398 g/mol. The van der Waals surface area contributed by atoms with E-state index in [0.29, 0.717) is 0 Å². The molecule has 0 unspecified atom stereocenters. The highest BCUT2D eigenvalue weighted by atomic mass is 16.6. The molecule has 152 valence electrons. The molecule has 4 nitrogen and oxygen atoms in total. The standard InChI is InChI=1S/C26H26N2O2/c1-2-3-4-7-18-27-25-9-6-5-8-23(25)24-19-21(14-17-26(24)27)11-10-20-12-15-22(16-13-20)28(29)30/h5-6,8-17,19H,2-4,7,18H2,1H3/b11-10+. The van der Waals surface area contributed by atoms with Crippen LogP contribution in [0.4, 0.5) is 5.69 Å². The number of non-ortho nitro benzene ring substituents is 1. The zero-order valence-corrected chi connectivity index (χ0v) is 17.3. The minimum atomic E-state index is -0.376. The summed E-state index contributed by atoms with van der Waals surface area (Å²) in [6, 6.07) is 21.8. The molecule has 0 N–H and O–H groups in total. The third kappa shape index (κ3) is 4.13. The number of nitro groups is 1. The maximum Gasteiger partial charge on any atom is 0.269 e. The first-order valence-corrected chi connectivity index (χ1v) is 10.6. The minimum Gasteiger partial charge on any atom is -0.340 e. The summed E-state index contributed by atoms with van der Waals surface area (Å²) in [5.41, 5.74) is 4.75. The molecule has 0 spiro atoms. The summed E-state index contributed by atoms with van der Waals surface area (Å²) in [6.45, 7) is 3.29. The number of unbranched alkanes of at least 4 members (excludes halogenated alkanes) is 3. The number of aryl methyl sites for hydroxylation is 1. The van der Waals surface area contributed by atoms with Gasteiger partial charge in [0.25, 0.3) is 5.69 Å². The van der Waals surface area contributed by atoms with Gasteiger partial charge in [0.1, 0.15) is 0 Å². The molecule has 0 bridgehead atoms. The lowest BCUT2D eigenvalue weighted by molar-refractivity contribution is -0.384. The van der Waals surface area contributed by atoms with Crippen molar-refractivity contribution in [1.29, 1.82) is 0 Å². The number of benzene rings is 3. The number of para-hydroxylation sites is 1.